The van der Waals surface area contributed by atoms with Crippen molar-refractivity contribution in [3.05, 3.63) is 59.7 Å². The molecule has 0 spiro atoms. The fourth-order valence-electron chi connectivity index (χ4n) is 4.12. The van der Waals surface area contributed by atoms with Crippen LogP contribution in [0.4, 0.5) is 4.39 Å². The molecule has 0 unspecified atom stereocenters. The lowest BCUT2D eigenvalue weighted by atomic mass is 9.98. The number of benzene rings is 2. The van der Waals surface area contributed by atoms with Crippen LogP contribution >= 0.6 is 11.3 Å². The summed E-state index contributed by atoms with van der Waals surface area (Å²) in [6.07, 6.45) is 2.41. The Morgan fingerprint density at radius 2 is 1.77 bits per heavy atom. The minimum Gasteiger partial charge on any atom is -0.495 e. The van der Waals surface area contributed by atoms with Crippen molar-refractivity contribution >= 4 is 37.5 Å². The first-order valence-corrected chi connectivity index (χ1v) is 13.2. The number of aromatic nitrogens is 1. The number of thiazole rings is 1. The quantitative estimate of drug-likeness (QED) is 0.445. The van der Waals surface area contributed by atoms with E-state index in [-0.39, 0.29) is 23.9 Å². The van der Waals surface area contributed by atoms with Gasteiger partial charge in [0.15, 0.2) is 4.80 Å². The Balaban J connectivity index is 1.59. The van der Waals surface area contributed by atoms with Crippen molar-refractivity contribution in [2.24, 2.45) is 10.9 Å². The zero-order valence-corrected chi connectivity index (χ0v) is 21.1. The van der Waals surface area contributed by atoms with E-state index in [1.165, 1.54) is 27.8 Å². The molecule has 0 aliphatic carbocycles. The number of carbonyl (C=O) groups is 1. The van der Waals surface area contributed by atoms with Gasteiger partial charge in [0.2, 0.25) is 10.0 Å². The number of carbonyl (C=O) groups excluding carboxylic acids is 1. The Morgan fingerprint density at radius 3 is 2.37 bits per heavy atom. The van der Waals surface area contributed by atoms with E-state index in [1.54, 1.807) is 32.4 Å². The van der Waals surface area contributed by atoms with Crippen LogP contribution in [0.1, 0.15) is 12.8 Å². The number of methoxy groups -OCH3 is 2. The number of amides is 1. The molecule has 0 bridgehead atoms. The molecule has 1 aliphatic heterocycles. The van der Waals surface area contributed by atoms with E-state index in [0.717, 1.165) is 22.3 Å². The number of piperidine rings is 1. The highest BCUT2D eigenvalue weighted by atomic mass is 32.2. The van der Waals surface area contributed by atoms with Gasteiger partial charge in [-0.2, -0.15) is 9.30 Å². The third-order valence-electron chi connectivity index (χ3n) is 5.96. The van der Waals surface area contributed by atoms with Crippen molar-refractivity contribution in [2.45, 2.75) is 24.3 Å². The number of hydrogen-bond acceptors (Lipinski definition) is 6. The normalized spacial score (nSPS) is 15.9. The van der Waals surface area contributed by atoms with Crippen molar-refractivity contribution < 1.29 is 27.1 Å². The van der Waals surface area contributed by atoms with Gasteiger partial charge >= 0.3 is 0 Å². The van der Waals surface area contributed by atoms with Crippen molar-refractivity contribution in [1.29, 1.82) is 0 Å². The number of fused-ring (bicyclic) bond motifs is 1. The van der Waals surface area contributed by atoms with Crippen molar-refractivity contribution in [3.8, 4) is 11.5 Å². The fourth-order valence-corrected chi connectivity index (χ4v) is 6.75. The van der Waals surface area contributed by atoms with Crippen molar-refractivity contribution in [2.75, 3.05) is 27.3 Å². The van der Waals surface area contributed by atoms with E-state index in [1.807, 2.05) is 4.57 Å². The molecule has 1 saturated heterocycles. The first-order chi connectivity index (χ1) is 16.8. The Morgan fingerprint density at radius 1 is 1.14 bits per heavy atom. The van der Waals surface area contributed by atoms with E-state index in [9.17, 15) is 17.6 Å². The minimum atomic E-state index is -3.75. The maximum Gasteiger partial charge on any atom is 0.251 e. The summed E-state index contributed by atoms with van der Waals surface area (Å²) in [6, 6.07) is 8.35. The van der Waals surface area contributed by atoms with Crippen LogP contribution in [0.15, 0.2) is 58.9 Å². The third-order valence-corrected chi connectivity index (χ3v) is 8.97. The molecular formula is C24H26FN3O5S2. The van der Waals surface area contributed by atoms with Gasteiger partial charge in [-0.25, -0.2) is 12.8 Å². The van der Waals surface area contributed by atoms with Gasteiger partial charge in [0, 0.05) is 25.6 Å². The van der Waals surface area contributed by atoms with Gasteiger partial charge < -0.3 is 14.0 Å². The molecule has 1 fully saturated rings. The predicted octanol–water partition coefficient (Wildman–Crippen LogP) is 3.57. The predicted molar refractivity (Wildman–Crippen MR) is 132 cm³/mol. The van der Waals surface area contributed by atoms with Crippen LogP contribution < -0.4 is 14.3 Å². The van der Waals surface area contributed by atoms with Crippen LogP contribution in [0.3, 0.4) is 0 Å². The van der Waals surface area contributed by atoms with E-state index >= 15 is 0 Å². The molecule has 35 heavy (non-hydrogen) atoms. The number of hydrogen-bond donors (Lipinski definition) is 0. The Labute approximate surface area is 207 Å². The number of sulfonamides is 1. The lowest BCUT2D eigenvalue weighted by molar-refractivity contribution is -0.122. The number of nitrogens with zero attached hydrogens (tertiary/aromatic N) is 3. The van der Waals surface area contributed by atoms with Crippen LogP contribution in [-0.2, 0) is 21.4 Å². The molecule has 2 heterocycles. The molecule has 11 heteroatoms. The molecule has 1 amide bonds. The Kier molecular flexibility index (Phi) is 7.39. The largest absolute Gasteiger partial charge is 0.495 e. The first kappa shape index (κ1) is 25.1. The molecule has 0 atom stereocenters. The molecule has 1 aliphatic rings. The summed E-state index contributed by atoms with van der Waals surface area (Å²) in [4.78, 5) is 18.0. The van der Waals surface area contributed by atoms with Gasteiger partial charge in [-0.15, -0.1) is 6.58 Å². The molecular weight excluding hydrogens is 493 g/mol. The second-order valence-corrected chi connectivity index (χ2v) is 10.9. The number of ether oxygens (including phenoxy) is 2. The molecule has 8 nitrogen and oxygen atoms in total. The second-order valence-electron chi connectivity index (χ2n) is 8.01. The van der Waals surface area contributed by atoms with Crippen molar-refractivity contribution in [1.82, 2.24) is 8.87 Å². The van der Waals surface area contributed by atoms with Gasteiger partial charge in [0.25, 0.3) is 5.91 Å². The van der Waals surface area contributed by atoms with Gasteiger partial charge in [0.1, 0.15) is 27.5 Å². The molecule has 3 aromatic rings. The maximum absolute atomic E-state index is 13.2. The summed E-state index contributed by atoms with van der Waals surface area (Å²) >= 11 is 1.33. The first-order valence-electron chi connectivity index (χ1n) is 11.0. The second kappa shape index (κ2) is 10.3. The van der Waals surface area contributed by atoms with E-state index in [0.29, 0.717) is 35.7 Å². The van der Waals surface area contributed by atoms with Gasteiger partial charge in [-0.3, -0.25) is 4.79 Å². The topological polar surface area (TPSA) is 90.2 Å². The van der Waals surface area contributed by atoms with Crippen LogP contribution in [0.25, 0.3) is 10.2 Å². The summed E-state index contributed by atoms with van der Waals surface area (Å²) in [5.41, 5.74) is 0.767. The summed E-state index contributed by atoms with van der Waals surface area (Å²) in [7, 11) is -0.596. The third kappa shape index (κ3) is 4.89. The standard InChI is InChI=1S/C24H26FN3O5S2/c1-4-13-28-21-19(32-2)9-10-20(33-3)22(21)34-24(28)26-23(29)16-11-14-27(15-12-16)35(30,31)18-7-5-17(25)6-8-18/h4-10,16H,1,11-15H2,2-3H3. The van der Waals surface area contributed by atoms with Crippen LogP contribution in [0, 0.1) is 11.7 Å². The molecule has 4 rings (SSSR count). The van der Waals surface area contributed by atoms with E-state index in [2.05, 4.69) is 11.6 Å². The van der Waals surface area contributed by atoms with E-state index < -0.39 is 21.8 Å². The molecule has 0 radical (unpaired) electrons. The van der Waals surface area contributed by atoms with Crippen molar-refractivity contribution in [3.63, 3.8) is 0 Å². The molecule has 0 N–H and O–H groups in total. The zero-order valence-electron chi connectivity index (χ0n) is 19.4. The molecule has 0 saturated carbocycles. The lowest BCUT2D eigenvalue weighted by Crippen LogP contribution is -2.40. The SMILES string of the molecule is C=CCn1c(=NC(=O)C2CCN(S(=O)(=O)c3ccc(F)cc3)CC2)sc2c(OC)ccc(OC)c21. The molecule has 2 aromatic carbocycles. The molecule has 186 valence electrons. The van der Waals surface area contributed by atoms with Gasteiger partial charge in [0.05, 0.1) is 19.1 Å². The van der Waals surface area contributed by atoms with Gasteiger partial charge in [-0.1, -0.05) is 17.4 Å². The minimum absolute atomic E-state index is 0.0343. The Hall–Kier alpha value is -3.02. The average Bonchev–Trinajstić information content (AvgIpc) is 3.22. The average molecular weight is 520 g/mol. The van der Waals surface area contributed by atoms with Crippen LogP contribution in [0.5, 0.6) is 11.5 Å². The highest BCUT2D eigenvalue weighted by Crippen LogP contribution is 2.35. The lowest BCUT2D eigenvalue weighted by Gasteiger charge is -2.29. The van der Waals surface area contributed by atoms with Crippen LogP contribution in [0.2, 0.25) is 0 Å². The monoisotopic (exact) mass is 519 g/mol. The highest BCUT2D eigenvalue weighted by molar-refractivity contribution is 7.89. The summed E-state index contributed by atoms with van der Waals surface area (Å²) < 4.78 is 53.9. The maximum atomic E-state index is 13.2. The highest BCUT2D eigenvalue weighted by Gasteiger charge is 2.32. The smallest absolute Gasteiger partial charge is 0.251 e. The number of rotatable bonds is 7. The number of halogens is 1. The summed E-state index contributed by atoms with van der Waals surface area (Å²) in [5, 5.41) is 0. The summed E-state index contributed by atoms with van der Waals surface area (Å²) in [6.45, 7) is 4.61. The summed E-state index contributed by atoms with van der Waals surface area (Å²) in [5.74, 6) is 0.0796. The Bertz CT molecular complexity index is 1420. The van der Waals surface area contributed by atoms with E-state index in [4.69, 9.17) is 9.47 Å². The number of allylic oxidation sites excluding steroid dienone is 1. The zero-order chi connectivity index (χ0) is 25.2. The molecule has 1 aromatic heterocycles. The fraction of sp³-hybridized carbons (Fsp3) is 0.333. The van der Waals surface area contributed by atoms with Gasteiger partial charge in [-0.05, 0) is 49.2 Å². The van der Waals surface area contributed by atoms with Crippen LogP contribution in [-0.4, -0.2) is 50.5 Å².